The van der Waals surface area contributed by atoms with Crippen molar-refractivity contribution < 1.29 is 14.3 Å². The van der Waals surface area contributed by atoms with Gasteiger partial charge in [-0.25, -0.2) is 0 Å². The molecule has 0 spiro atoms. The van der Waals surface area contributed by atoms with E-state index in [1.807, 2.05) is 0 Å². The van der Waals surface area contributed by atoms with Gasteiger partial charge in [0.25, 0.3) is 0 Å². The third-order valence-electron chi connectivity index (χ3n) is 3.07. The molecule has 0 aromatic carbocycles. The molecule has 0 unspecified atom stereocenters. The molecule has 0 atom stereocenters. The Morgan fingerprint density at radius 1 is 1.44 bits per heavy atom. The molecule has 88 valence electrons. The zero-order valence-electron chi connectivity index (χ0n) is 9.04. The lowest BCUT2D eigenvalue weighted by Crippen LogP contribution is -2.04. The van der Waals surface area contributed by atoms with Crippen LogP contribution in [-0.2, 0) is 11.2 Å². The van der Waals surface area contributed by atoms with E-state index in [-0.39, 0.29) is 6.42 Å². The highest BCUT2D eigenvalue weighted by Crippen LogP contribution is 2.37. The summed E-state index contributed by atoms with van der Waals surface area (Å²) in [4.78, 5) is 10.6. The molecule has 1 fully saturated rings. The van der Waals surface area contributed by atoms with Crippen molar-refractivity contribution in [3.05, 3.63) is 22.6 Å². The predicted octanol–water partition coefficient (Wildman–Crippen LogP) is 3.61. The SMILES string of the molecule is O=C(O)Cc1cc(Cl)c(C2CCCCC2)o1. The largest absolute Gasteiger partial charge is 0.481 e. The molecule has 3 nitrogen and oxygen atoms in total. The minimum atomic E-state index is -0.888. The smallest absolute Gasteiger partial charge is 0.311 e. The van der Waals surface area contributed by atoms with Crippen molar-refractivity contribution >= 4 is 17.6 Å². The van der Waals surface area contributed by atoms with Gasteiger partial charge < -0.3 is 9.52 Å². The molecule has 16 heavy (non-hydrogen) atoms. The molecule has 0 aliphatic heterocycles. The lowest BCUT2D eigenvalue weighted by atomic mass is 9.87. The predicted molar refractivity (Wildman–Crippen MR) is 60.9 cm³/mol. The maximum absolute atomic E-state index is 10.6. The van der Waals surface area contributed by atoms with Crippen LogP contribution in [0.3, 0.4) is 0 Å². The van der Waals surface area contributed by atoms with Crippen molar-refractivity contribution in [2.45, 2.75) is 44.4 Å². The van der Waals surface area contributed by atoms with E-state index in [1.165, 1.54) is 19.3 Å². The van der Waals surface area contributed by atoms with Gasteiger partial charge in [-0.1, -0.05) is 30.9 Å². The summed E-state index contributed by atoms with van der Waals surface area (Å²) in [5.41, 5.74) is 0. The van der Waals surface area contributed by atoms with Gasteiger partial charge in [0.05, 0.1) is 5.02 Å². The summed E-state index contributed by atoms with van der Waals surface area (Å²) in [5.74, 6) is 0.736. The van der Waals surface area contributed by atoms with Crippen LogP contribution in [0.25, 0.3) is 0 Å². The van der Waals surface area contributed by atoms with Gasteiger partial charge >= 0.3 is 5.97 Å². The number of halogens is 1. The van der Waals surface area contributed by atoms with Gasteiger partial charge in [0.1, 0.15) is 17.9 Å². The average Bonchev–Trinajstić information content (AvgIpc) is 2.60. The van der Waals surface area contributed by atoms with Crippen LogP contribution in [0.1, 0.15) is 49.5 Å². The van der Waals surface area contributed by atoms with E-state index in [0.717, 1.165) is 18.6 Å². The van der Waals surface area contributed by atoms with Gasteiger partial charge in [-0.2, -0.15) is 0 Å². The highest BCUT2D eigenvalue weighted by atomic mass is 35.5. The van der Waals surface area contributed by atoms with Gasteiger partial charge in [-0.05, 0) is 18.9 Å². The van der Waals surface area contributed by atoms with E-state index in [2.05, 4.69) is 0 Å². The number of aliphatic carboxylic acids is 1. The molecule has 1 aliphatic carbocycles. The average molecular weight is 243 g/mol. The fourth-order valence-electron chi connectivity index (χ4n) is 2.31. The fourth-order valence-corrected chi connectivity index (χ4v) is 2.63. The Hall–Kier alpha value is -0.960. The molecule has 1 aromatic heterocycles. The number of hydrogen-bond acceptors (Lipinski definition) is 2. The van der Waals surface area contributed by atoms with E-state index in [9.17, 15) is 4.79 Å². The molecule has 2 rings (SSSR count). The Balaban J connectivity index is 2.13. The normalized spacial score (nSPS) is 17.6. The molecule has 1 saturated carbocycles. The first-order valence-electron chi connectivity index (χ1n) is 5.66. The summed E-state index contributed by atoms with van der Waals surface area (Å²) < 4.78 is 5.55. The number of hydrogen-bond donors (Lipinski definition) is 1. The highest BCUT2D eigenvalue weighted by Gasteiger charge is 2.22. The van der Waals surface area contributed by atoms with Crippen molar-refractivity contribution in [1.29, 1.82) is 0 Å². The molecule has 0 saturated heterocycles. The van der Waals surface area contributed by atoms with Crippen LogP contribution in [0.5, 0.6) is 0 Å². The van der Waals surface area contributed by atoms with Crippen molar-refractivity contribution in [1.82, 2.24) is 0 Å². The molecule has 0 amide bonds. The molecule has 1 aliphatic rings. The van der Waals surface area contributed by atoms with Gasteiger partial charge in [-0.3, -0.25) is 4.79 Å². The molecule has 1 N–H and O–H groups in total. The zero-order valence-corrected chi connectivity index (χ0v) is 9.79. The maximum Gasteiger partial charge on any atom is 0.311 e. The summed E-state index contributed by atoms with van der Waals surface area (Å²) in [6.07, 6.45) is 5.79. The Kier molecular flexibility index (Phi) is 3.54. The quantitative estimate of drug-likeness (QED) is 0.881. The van der Waals surface area contributed by atoms with E-state index < -0.39 is 5.97 Å². The first-order valence-corrected chi connectivity index (χ1v) is 6.04. The Bertz CT molecular complexity index is 378. The van der Waals surface area contributed by atoms with Crippen LogP contribution in [0.2, 0.25) is 5.02 Å². The molecule has 1 heterocycles. The standard InChI is InChI=1S/C12H15ClO3/c13-10-6-9(7-11(14)15)16-12(10)8-4-2-1-3-5-8/h6,8H,1-5,7H2,(H,14,15). The van der Waals surface area contributed by atoms with E-state index in [4.69, 9.17) is 21.1 Å². The number of carbonyl (C=O) groups is 1. The van der Waals surface area contributed by atoms with Gasteiger partial charge in [0.15, 0.2) is 0 Å². The zero-order chi connectivity index (χ0) is 11.5. The van der Waals surface area contributed by atoms with E-state index in [0.29, 0.717) is 16.7 Å². The van der Waals surface area contributed by atoms with Crippen molar-refractivity contribution in [2.75, 3.05) is 0 Å². The third-order valence-corrected chi connectivity index (χ3v) is 3.36. The first kappa shape index (κ1) is 11.5. The second-order valence-corrected chi connectivity index (χ2v) is 4.74. The minimum absolute atomic E-state index is 0.0908. The summed E-state index contributed by atoms with van der Waals surface area (Å²) >= 11 is 6.08. The van der Waals surface area contributed by atoms with Crippen molar-refractivity contribution in [2.24, 2.45) is 0 Å². The van der Waals surface area contributed by atoms with Crippen LogP contribution < -0.4 is 0 Å². The van der Waals surface area contributed by atoms with Crippen molar-refractivity contribution in [3.63, 3.8) is 0 Å². The summed E-state index contributed by atoms with van der Waals surface area (Å²) in [6, 6.07) is 1.64. The summed E-state index contributed by atoms with van der Waals surface area (Å²) in [7, 11) is 0. The Labute approximate surface area is 99.4 Å². The molecular formula is C12H15ClO3. The lowest BCUT2D eigenvalue weighted by Gasteiger charge is -2.19. The second-order valence-electron chi connectivity index (χ2n) is 4.33. The van der Waals surface area contributed by atoms with E-state index >= 15 is 0 Å². The number of carboxylic acids is 1. The Morgan fingerprint density at radius 2 is 2.12 bits per heavy atom. The van der Waals surface area contributed by atoms with Crippen molar-refractivity contribution in [3.8, 4) is 0 Å². The van der Waals surface area contributed by atoms with Crippen LogP contribution >= 0.6 is 11.6 Å². The van der Waals surface area contributed by atoms with Gasteiger partial charge in [0, 0.05) is 5.92 Å². The highest BCUT2D eigenvalue weighted by molar-refractivity contribution is 6.31. The molecule has 4 heteroatoms. The summed E-state index contributed by atoms with van der Waals surface area (Å²) in [6.45, 7) is 0. The van der Waals surface area contributed by atoms with E-state index in [1.54, 1.807) is 6.07 Å². The van der Waals surface area contributed by atoms with Gasteiger partial charge in [0.2, 0.25) is 0 Å². The Morgan fingerprint density at radius 3 is 2.75 bits per heavy atom. The number of carboxylic acid groups (broad SMARTS) is 1. The van der Waals surface area contributed by atoms with Crippen LogP contribution in [-0.4, -0.2) is 11.1 Å². The second kappa shape index (κ2) is 4.91. The third kappa shape index (κ3) is 2.59. The van der Waals surface area contributed by atoms with Crippen LogP contribution in [0.15, 0.2) is 10.5 Å². The topological polar surface area (TPSA) is 50.4 Å². The molecule has 0 bridgehead atoms. The minimum Gasteiger partial charge on any atom is -0.481 e. The van der Waals surface area contributed by atoms with Crippen LogP contribution in [0, 0.1) is 0 Å². The first-order chi connectivity index (χ1) is 7.66. The monoisotopic (exact) mass is 242 g/mol. The maximum atomic E-state index is 10.6. The molecule has 1 aromatic rings. The molecule has 0 radical (unpaired) electrons. The lowest BCUT2D eigenvalue weighted by molar-refractivity contribution is -0.136. The molecular weight excluding hydrogens is 228 g/mol. The number of furan rings is 1. The fraction of sp³-hybridized carbons (Fsp3) is 0.583. The van der Waals surface area contributed by atoms with Crippen LogP contribution in [0.4, 0.5) is 0 Å². The van der Waals surface area contributed by atoms with Gasteiger partial charge in [-0.15, -0.1) is 0 Å². The summed E-state index contributed by atoms with van der Waals surface area (Å²) in [5, 5.41) is 9.26. The number of rotatable bonds is 3.